The van der Waals surface area contributed by atoms with Crippen LogP contribution in [0.3, 0.4) is 0 Å². The lowest BCUT2D eigenvalue weighted by molar-refractivity contribution is -0.139. The number of rotatable bonds is 4. The molecule has 18 heavy (non-hydrogen) atoms. The highest BCUT2D eigenvalue weighted by atomic mass is 35.5. The van der Waals surface area contributed by atoms with Gasteiger partial charge in [0.05, 0.1) is 10.3 Å². The highest BCUT2D eigenvalue weighted by Crippen LogP contribution is 2.60. The number of hydrogen-bond acceptors (Lipinski definition) is 2. The summed E-state index contributed by atoms with van der Waals surface area (Å²) in [6.45, 7) is 3.93. The zero-order valence-corrected chi connectivity index (χ0v) is 11.8. The van der Waals surface area contributed by atoms with Crippen LogP contribution >= 0.6 is 23.4 Å². The lowest BCUT2D eigenvalue weighted by atomic mass is 10.1. The standard InChI is InChI=1S/C14H15ClO2S/c1-14(2)10(12(14)13(16)17)8-11(15)18-9-6-4-3-5-7-9/h3-8,10,12H,1-2H3,(H,16,17)/t10-,12-/m0/s1. The first-order chi connectivity index (χ1) is 8.43. The van der Waals surface area contributed by atoms with Gasteiger partial charge in [0.2, 0.25) is 0 Å². The summed E-state index contributed by atoms with van der Waals surface area (Å²) in [7, 11) is 0. The van der Waals surface area contributed by atoms with Crippen LogP contribution < -0.4 is 0 Å². The number of carbonyl (C=O) groups is 1. The lowest BCUT2D eigenvalue weighted by Crippen LogP contribution is -2.02. The molecule has 0 spiro atoms. The largest absolute Gasteiger partial charge is 0.481 e. The van der Waals surface area contributed by atoms with Crippen molar-refractivity contribution in [1.29, 1.82) is 0 Å². The quantitative estimate of drug-likeness (QED) is 0.840. The Hall–Kier alpha value is -0.930. The number of aliphatic carboxylic acids is 1. The SMILES string of the molecule is CC1(C)[C@H](C(=O)O)[C@@H]1C=C(Cl)Sc1ccccc1. The first-order valence-electron chi connectivity index (χ1n) is 5.76. The topological polar surface area (TPSA) is 37.3 Å². The minimum absolute atomic E-state index is 0.0266. The van der Waals surface area contributed by atoms with Crippen LogP contribution in [0.2, 0.25) is 0 Å². The summed E-state index contributed by atoms with van der Waals surface area (Å²) in [6.07, 6.45) is 1.87. The van der Waals surface area contributed by atoms with Crippen LogP contribution in [0.1, 0.15) is 13.8 Å². The molecule has 0 aromatic heterocycles. The van der Waals surface area contributed by atoms with Crippen LogP contribution in [-0.4, -0.2) is 11.1 Å². The van der Waals surface area contributed by atoms with Crippen LogP contribution in [0.25, 0.3) is 0 Å². The Kier molecular flexibility index (Phi) is 3.74. The molecule has 2 atom stereocenters. The molecule has 1 aromatic carbocycles. The van der Waals surface area contributed by atoms with Crippen molar-refractivity contribution < 1.29 is 9.90 Å². The first-order valence-corrected chi connectivity index (χ1v) is 6.95. The van der Waals surface area contributed by atoms with E-state index in [9.17, 15) is 4.79 Å². The number of halogens is 1. The van der Waals surface area contributed by atoms with Crippen molar-refractivity contribution in [2.75, 3.05) is 0 Å². The lowest BCUT2D eigenvalue weighted by Gasteiger charge is -2.00. The van der Waals surface area contributed by atoms with Gasteiger partial charge in [-0.3, -0.25) is 4.79 Å². The normalized spacial score (nSPS) is 25.8. The number of carboxylic acid groups (broad SMARTS) is 1. The van der Waals surface area contributed by atoms with Crippen molar-refractivity contribution >= 4 is 29.3 Å². The molecular formula is C14H15ClO2S. The Morgan fingerprint density at radius 3 is 2.50 bits per heavy atom. The molecule has 1 saturated carbocycles. The molecule has 0 aliphatic heterocycles. The van der Waals surface area contributed by atoms with Gasteiger partial charge in [-0.2, -0.15) is 0 Å². The van der Waals surface area contributed by atoms with E-state index in [0.29, 0.717) is 4.36 Å². The summed E-state index contributed by atoms with van der Waals surface area (Å²) in [4.78, 5) is 12.1. The minimum atomic E-state index is -0.740. The molecule has 0 unspecified atom stereocenters. The van der Waals surface area contributed by atoms with E-state index < -0.39 is 5.97 Å². The van der Waals surface area contributed by atoms with Crippen LogP contribution in [0.4, 0.5) is 0 Å². The highest BCUT2D eigenvalue weighted by Gasteiger charge is 2.61. The van der Waals surface area contributed by atoms with Gasteiger partial charge in [0.25, 0.3) is 0 Å². The Bertz CT molecular complexity index is 482. The van der Waals surface area contributed by atoms with Crippen molar-refractivity contribution in [3.8, 4) is 0 Å². The fourth-order valence-electron chi connectivity index (χ4n) is 2.24. The van der Waals surface area contributed by atoms with E-state index in [1.54, 1.807) is 0 Å². The second-order valence-corrected chi connectivity index (χ2v) is 6.80. The Morgan fingerprint density at radius 1 is 1.39 bits per heavy atom. The van der Waals surface area contributed by atoms with Crippen molar-refractivity contribution in [3.05, 3.63) is 40.8 Å². The van der Waals surface area contributed by atoms with Crippen LogP contribution in [-0.2, 0) is 4.79 Å². The Morgan fingerprint density at radius 2 is 2.00 bits per heavy atom. The van der Waals surface area contributed by atoms with E-state index in [1.165, 1.54) is 11.8 Å². The van der Waals surface area contributed by atoms with Gasteiger partial charge >= 0.3 is 5.97 Å². The molecule has 96 valence electrons. The molecule has 2 nitrogen and oxygen atoms in total. The zero-order valence-electron chi connectivity index (χ0n) is 10.3. The molecule has 4 heteroatoms. The number of hydrogen-bond donors (Lipinski definition) is 1. The maximum atomic E-state index is 11.0. The molecule has 0 saturated heterocycles. The maximum Gasteiger partial charge on any atom is 0.307 e. The van der Waals surface area contributed by atoms with E-state index in [4.69, 9.17) is 16.7 Å². The Labute approximate surface area is 116 Å². The molecule has 0 heterocycles. The summed E-state index contributed by atoms with van der Waals surface area (Å²) in [5.41, 5.74) is -0.191. The maximum absolute atomic E-state index is 11.0. The molecular weight excluding hydrogens is 268 g/mol. The number of carboxylic acids is 1. The van der Waals surface area contributed by atoms with Gasteiger partial charge in [0.15, 0.2) is 0 Å². The second kappa shape index (κ2) is 4.98. The van der Waals surface area contributed by atoms with E-state index in [0.717, 1.165) is 4.90 Å². The van der Waals surface area contributed by atoms with Crippen molar-refractivity contribution in [1.82, 2.24) is 0 Å². The van der Waals surface area contributed by atoms with E-state index in [2.05, 4.69) is 0 Å². The number of benzene rings is 1. The molecule has 1 aliphatic carbocycles. The molecule has 2 rings (SSSR count). The van der Waals surface area contributed by atoms with Gasteiger partial charge in [0, 0.05) is 4.90 Å². The smallest absolute Gasteiger partial charge is 0.307 e. The summed E-state index contributed by atoms with van der Waals surface area (Å²) in [5.74, 6) is -1.03. The molecule has 0 bridgehead atoms. The third-order valence-electron chi connectivity index (χ3n) is 3.45. The molecule has 1 N–H and O–H groups in total. The highest BCUT2D eigenvalue weighted by molar-refractivity contribution is 8.04. The van der Waals surface area contributed by atoms with Crippen LogP contribution in [0, 0.1) is 17.3 Å². The molecule has 1 fully saturated rings. The van der Waals surface area contributed by atoms with Gasteiger partial charge in [-0.25, -0.2) is 0 Å². The van der Waals surface area contributed by atoms with E-state index in [1.807, 2.05) is 50.3 Å². The predicted molar refractivity (Wildman–Crippen MR) is 74.6 cm³/mol. The van der Waals surface area contributed by atoms with E-state index in [-0.39, 0.29) is 17.3 Å². The van der Waals surface area contributed by atoms with Gasteiger partial charge in [0.1, 0.15) is 0 Å². The zero-order chi connectivity index (χ0) is 13.3. The average Bonchev–Trinajstić information content (AvgIpc) is 2.81. The fourth-order valence-corrected chi connectivity index (χ4v) is 3.37. The summed E-state index contributed by atoms with van der Waals surface area (Å²) < 4.78 is 0.642. The fraction of sp³-hybridized carbons (Fsp3) is 0.357. The number of thioether (sulfide) groups is 1. The third kappa shape index (κ3) is 2.73. The summed E-state index contributed by atoms with van der Waals surface area (Å²) >= 11 is 7.64. The molecule has 1 aliphatic rings. The summed E-state index contributed by atoms with van der Waals surface area (Å²) in [6, 6.07) is 9.81. The summed E-state index contributed by atoms with van der Waals surface area (Å²) in [5, 5.41) is 9.08. The number of allylic oxidation sites excluding steroid dienone is 1. The second-order valence-electron chi connectivity index (χ2n) is 5.05. The van der Waals surface area contributed by atoms with Crippen molar-refractivity contribution in [3.63, 3.8) is 0 Å². The molecule has 1 aromatic rings. The van der Waals surface area contributed by atoms with Crippen molar-refractivity contribution in [2.24, 2.45) is 17.3 Å². The van der Waals surface area contributed by atoms with Crippen LogP contribution in [0.5, 0.6) is 0 Å². The average molecular weight is 283 g/mol. The minimum Gasteiger partial charge on any atom is -0.481 e. The Balaban J connectivity index is 2.05. The van der Waals surface area contributed by atoms with Gasteiger partial charge in [-0.1, -0.05) is 61.5 Å². The first kappa shape index (κ1) is 13.5. The van der Waals surface area contributed by atoms with Gasteiger partial charge < -0.3 is 5.11 Å². The third-order valence-corrected chi connectivity index (χ3v) is 4.64. The van der Waals surface area contributed by atoms with Gasteiger partial charge in [-0.15, -0.1) is 0 Å². The predicted octanol–water partition coefficient (Wildman–Crippen LogP) is 4.22. The van der Waals surface area contributed by atoms with Crippen molar-refractivity contribution in [2.45, 2.75) is 18.7 Å². The van der Waals surface area contributed by atoms with Gasteiger partial charge in [-0.05, 0) is 23.5 Å². The van der Waals surface area contributed by atoms with E-state index >= 15 is 0 Å². The molecule has 0 amide bonds. The monoisotopic (exact) mass is 282 g/mol. The molecule has 0 radical (unpaired) electrons. The van der Waals surface area contributed by atoms with Crippen LogP contribution in [0.15, 0.2) is 45.7 Å².